The number of rotatable bonds is 15. The molecule has 0 aliphatic heterocycles. The predicted octanol–water partition coefficient (Wildman–Crippen LogP) is 7.66. The molecule has 0 saturated carbocycles. The highest BCUT2D eigenvalue weighted by molar-refractivity contribution is 5.97. The second-order valence-corrected chi connectivity index (χ2v) is 11.5. The molecule has 2 aliphatic rings. The molecule has 2 aromatic heterocycles. The van der Waals surface area contributed by atoms with Crippen molar-refractivity contribution in [3.63, 3.8) is 0 Å². The first kappa shape index (κ1) is 30.1. The van der Waals surface area contributed by atoms with Gasteiger partial charge in [-0.15, -0.1) is 0 Å². The third-order valence-corrected chi connectivity index (χ3v) is 8.56. The Bertz CT molecular complexity index is 1520. The molecule has 8 heteroatoms. The molecule has 0 radical (unpaired) electrons. The summed E-state index contributed by atoms with van der Waals surface area (Å²) in [5.74, 6) is 3.10. The number of nitrogens with one attached hydrogen (secondary N) is 2. The van der Waals surface area contributed by atoms with Crippen LogP contribution < -0.4 is 29.6 Å². The molecule has 0 amide bonds. The Morgan fingerprint density at radius 1 is 0.545 bits per heavy atom. The summed E-state index contributed by atoms with van der Waals surface area (Å²) in [5, 5.41) is 9.86. The van der Waals surface area contributed by atoms with E-state index in [1.807, 2.05) is 39.8 Å². The van der Waals surface area contributed by atoms with Gasteiger partial charge >= 0.3 is 0 Å². The Kier molecular flexibility index (Phi) is 9.43. The van der Waals surface area contributed by atoms with Crippen LogP contribution in [0.25, 0.3) is 21.8 Å². The zero-order valence-corrected chi connectivity index (χ0v) is 26.7. The standard InChI is InChI=1S/C36H46N4O4/c1-5-41-31-19-25-29(21-33(31)43-7-3)39-27-15-11-13-23(27)35(25)37-17-9-10-18-38-36-24-14-12-16-28(24)40-30-22-34(44-8-4)32(42-6-2)20-26(30)36/h19-22H,5-18H2,1-4H3,(H,37,39)(H,38,40). The summed E-state index contributed by atoms with van der Waals surface area (Å²) in [6, 6.07) is 8.32. The van der Waals surface area contributed by atoms with E-state index in [1.54, 1.807) is 0 Å². The maximum Gasteiger partial charge on any atom is 0.163 e. The summed E-state index contributed by atoms with van der Waals surface area (Å²) in [4.78, 5) is 10.1. The van der Waals surface area contributed by atoms with Crippen molar-refractivity contribution < 1.29 is 18.9 Å². The second kappa shape index (κ2) is 13.8. The normalized spacial score (nSPS) is 13.6. The number of aryl methyl sites for hydroxylation is 2. The molecule has 2 aromatic carbocycles. The summed E-state index contributed by atoms with van der Waals surface area (Å²) in [7, 11) is 0. The molecule has 0 spiro atoms. The summed E-state index contributed by atoms with van der Waals surface area (Å²) < 4.78 is 23.7. The molecule has 0 saturated heterocycles. The lowest BCUT2D eigenvalue weighted by Crippen LogP contribution is -2.10. The zero-order chi connectivity index (χ0) is 30.5. The lowest BCUT2D eigenvalue weighted by molar-refractivity contribution is 0.288. The van der Waals surface area contributed by atoms with Gasteiger partial charge in [-0.05, 0) is 102 Å². The minimum atomic E-state index is 0.593. The van der Waals surface area contributed by atoms with Crippen LogP contribution in [0.5, 0.6) is 23.0 Å². The number of unbranched alkanes of at least 4 members (excludes halogenated alkanes) is 1. The second-order valence-electron chi connectivity index (χ2n) is 11.5. The maximum atomic E-state index is 5.97. The van der Waals surface area contributed by atoms with Crippen molar-refractivity contribution in [2.45, 2.75) is 79.1 Å². The molecule has 44 heavy (non-hydrogen) atoms. The van der Waals surface area contributed by atoms with Crippen LogP contribution in [0, 0.1) is 0 Å². The highest BCUT2D eigenvalue weighted by Crippen LogP contribution is 2.41. The number of fused-ring (bicyclic) bond motifs is 4. The quantitative estimate of drug-likeness (QED) is 0.135. The monoisotopic (exact) mass is 598 g/mol. The SMILES string of the molecule is CCOc1cc2nc3c(c(NCCCCNc4c5c(nc6cc(OCC)c(OCC)cc46)CCC5)c2cc1OCC)CCC3. The molecule has 0 unspecified atom stereocenters. The number of aromatic nitrogens is 2. The first-order valence-corrected chi connectivity index (χ1v) is 16.6. The van der Waals surface area contributed by atoms with Crippen LogP contribution in [0.15, 0.2) is 24.3 Å². The number of hydrogen-bond acceptors (Lipinski definition) is 8. The van der Waals surface area contributed by atoms with Crippen molar-refractivity contribution >= 4 is 33.2 Å². The van der Waals surface area contributed by atoms with Gasteiger partial charge in [0.1, 0.15) is 0 Å². The Balaban J connectivity index is 1.17. The molecular weight excluding hydrogens is 552 g/mol. The Morgan fingerprint density at radius 2 is 0.932 bits per heavy atom. The maximum absolute atomic E-state index is 5.97. The Hall–Kier alpha value is -3.94. The third-order valence-electron chi connectivity index (χ3n) is 8.56. The molecule has 0 atom stereocenters. The van der Waals surface area contributed by atoms with Gasteiger partial charge in [0.25, 0.3) is 0 Å². The van der Waals surface area contributed by atoms with Gasteiger partial charge in [-0.25, -0.2) is 0 Å². The molecule has 8 nitrogen and oxygen atoms in total. The first-order chi connectivity index (χ1) is 21.6. The van der Waals surface area contributed by atoms with Crippen LogP contribution in [-0.4, -0.2) is 49.5 Å². The van der Waals surface area contributed by atoms with Crippen molar-refractivity contribution in [1.29, 1.82) is 0 Å². The van der Waals surface area contributed by atoms with E-state index in [0.717, 1.165) is 109 Å². The lowest BCUT2D eigenvalue weighted by atomic mass is 10.1. The topological polar surface area (TPSA) is 86.8 Å². The fourth-order valence-corrected chi connectivity index (χ4v) is 6.69. The summed E-state index contributed by atoms with van der Waals surface area (Å²) >= 11 is 0. The van der Waals surface area contributed by atoms with Gasteiger partial charge in [0.2, 0.25) is 0 Å². The van der Waals surface area contributed by atoms with E-state index in [1.165, 1.54) is 33.9 Å². The molecule has 2 aliphatic carbocycles. The first-order valence-electron chi connectivity index (χ1n) is 16.6. The summed E-state index contributed by atoms with van der Waals surface area (Å²) in [6.07, 6.45) is 8.58. The molecule has 6 rings (SSSR count). The number of hydrogen-bond donors (Lipinski definition) is 2. The minimum absolute atomic E-state index is 0.593. The third kappa shape index (κ3) is 6.04. The van der Waals surface area contributed by atoms with Gasteiger partial charge in [0.15, 0.2) is 23.0 Å². The van der Waals surface area contributed by atoms with Gasteiger partial charge in [-0.1, -0.05) is 0 Å². The van der Waals surface area contributed by atoms with Crippen molar-refractivity contribution in [2.24, 2.45) is 0 Å². The van der Waals surface area contributed by atoms with Crippen LogP contribution in [0.4, 0.5) is 11.4 Å². The lowest BCUT2D eigenvalue weighted by Gasteiger charge is -2.18. The molecule has 2 N–H and O–H groups in total. The van der Waals surface area contributed by atoms with Crippen molar-refractivity contribution in [2.75, 3.05) is 50.2 Å². The van der Waals surface area contributed by atoms with E-state index in [9.17, 15) is 0 Å². The van der Waals surface area contributed by atoms with E-state index >= 15 is 0 Å². The van der Waals surface area contributed by atoms with Crippen LogP contribution in [0.2, 0.25) is 0 Å². The number of anilines is 2. The van der Waals surface area contributed by atoms with Crippen molar-refractivity contribution in [3.05, 3.63) is 46.8 Å². The molecule has 0 bridgehead atoms. The highest BCUT2D eigenvalue weighted by Gasteiger charge is 2.23. The molecule has 234 valence electrons. The minimum Gasteiger partial charge on any atom is -0.490 e. The van der Waals surface area contributed by atoms with Gasteiger partial charge < -0.3 is 29.6 Å². The highest BCUT2D eigenvalue weighted by atomic mass is 16.5. The van der Waals surface area contributed by atoms with Crippen LogP contribution in [0.1, 0.15) is 75.9 Å². The smallest absolute Gasteiger partial charge is 0.163 e. The van der Waals surface area contributed by atoms with Crippen LogP contribution >= 0.6 is 0 Å². The number of ether oxygens (including phenoxy) is 4. The average molecular weight is 599 g/mol. The molecular formula is C36H46N4O4. The van der Waals surface area contributed by atoms with Gasteiger partial charge in [0, 0.05) is 58.8 Å². The fraction of sp³-hybridized carbons (Fsp3) is 0.500. The van der Waals surface area contributed by atoms with Gasteiger partial charge in [0.05, 0.1) is 37.5 Å². The number of benzene rings is 2. The predicted molar refractivity (Wildman–Crippen MR) is 178 cm³/mol. The summed E-state index contributed by atoms with van der Waals surface area (Å²) in [6.45, 7) is 12.2. The van der Waals surface area contributed by atoms with E-state index in [2.05, 4.69) is 22.8 Å². The largest absolute Gasteiger partial charge is 0.490 e. The van der Waals surface area contributed by atoms with Gasteiger partial charge in [-0.2, -0.15) is 0 Å². The van der Waals surface area contributed by atoms with Crippen LogP contribution in [-0.2, 0) is 25.7 Å². The number of pyridine rings is 2. The van der Waals surface area contributed by atoms with E-state index in [0.29, 0.717) is 26.4 Å². The molecule has 0 fully saturated rings. The van der Waals surface area contributed by atoms with Crippen LogP contribution in [0.3, 0.4) is 0 Å². The van der Waals surface area contributed by atoms with Crippen molar-refractivity contribution in [3.8, 4) is 23.0 Å². The number of nitrogens with zero attached hydrogens (tertiary/aromatic N) is 2. The molecule has 4 aromatic rings. The molecule has 2 heterocycles. The van der Waals surface area contributed by atoms with E-state index in [-0.39, 0.29) is 0 Å². The average Bonchev–Trinajstić information content (AvgIpc) is 3.69. The van der Waals surface area contributed by atoms with E-state index < -0.39 is 0 Å². The fourth-order valence-electron chi connectivity index (χ4n) is 6.69. The Morgan fingerprint density at radius 3 is 1.32 bits per heavy atom. The van der Waals surface area contributed by atoms with E-state index in [4.69, 9.17) is 28.9 Å². The zero-order valence-electron chi connectivity index (χ0n) is 26.7. The summed E-state index contributed by atoms with van der Waals surface area (Å²) in [5.41, 5.74) is 9.52. The van der Waals surface area contributed by atoms with Crippen molar-refractivity contribution in [1.82, 2.24) is 9.97 Å². The van der Waals surface area contributed by atoms with Gasteiger partial charge in [-0.3, -0.25) is 9.97 Å². The Labute approximate surface area is 260 Å².